The van der Waals surface area contributed by atoms with E-state index >= 15 is 0 Å². The summed E-state index contributed by atoms with van der Waals surface area (Å²) >= 11 is 0. The van der Waals surface area contributed by atoms with Gasteiger partial charge in [0.2, 0.25) is 0 Å². The van der Waals surface area contributed by atoms with Gasteiger partial charge in [-0.3, -0.25) is 4.79 Å². The number of carboxylic acid groups (broad SMARTS) is 1. The first-order chi connectivity index (χ1) is 9.74. The highest BCUT2D eigenvalue weighted by Crippen LogP contribution is 2.41. The van der Waals surface area contributed by atoms with E-state index in [4.69, 9.17) is 5.11 Å². The lowest BCUT2D eigenvalue weighted by molar-refractivity contribution is -0.143. The second-order valence-corrected chi connectivity index (χ2v) is 6.25. The van der Waals surface area contributed by atoms with Crippen LogP contribution in [0.4, 0.5) is 0 Å². The Bertz CT molecular complexity index is 482. The second-order valence-electron chi connectivity index (χ2n) is 6.25. The molecular weight excluding hydrogens is 250 g/mol. The summed E-state index contributed by atoms with van der Waals surface area (Å²) in [4.78, 5) is 11.1. The van der Waals surface area contributed by atoms with Crippen LogP contribution in [0, 0.1) is 5.92 Å². The quantitative estimate of drug-likeness (QED) is 0.865. The van der Waals surface area contributed by atoms with Crippen LogP contribution in [-0.4, -0.2) is 17.1 Å². The molecule has 1 aromatic rings. The number of hydrogen-bond donors (Lipinski definition) is 2. The van der Waals surface area contributed by atoms with Gasteiger partial charge in [0.25, 0.3) is 0 Å². The first kappa shape index (κ1) is 13.6. The zero-order valence-electron chi connectivity index (χ0n) is 11.8. The van der Waals surface area contributed by atoms with Gasteiger partial charge in [-0.15, -0.1) is 0 Å². The third-order valence-electron chi connectivity index (χ3n) is 4.68. The fourth-order valence-electron chi connectivity index (χ4n) is 3.34. The van der Waals surface area contributed by atoms with Gasteiger partial charge in [0, 0.05) is 12.6 Å². The Morgan fingerprint density at radius 3 is 2.75 bits per heavy atom. The summed E-state index contributed by atoms with van der Waals surface area (Å²) in [5.74, 6) is -0.0130. The predicted octanol–water partition coefficient (Wildman–Crippen LogP) is 3.30. The summed E-state index contributed by atoms with van der Waals surface area (Å²) in [6.45, 7) is 0.879. The molecule has 0 saturated heterocycles. The Labute approximate surface area is 120 Å². The predicted molar refractivity (Wildman–Crippen MR) is 78.6 cm³/mol. The van der Waals surface area contributed by atoms with Gasteiger partial charge in [-0.25, -0.2) is 0 Å². The van der Waals surface area contributed by atoms with Crippen LogP contribution in [0.1, 0.15) is 55.6 Å². The summed E-state index contributed by atoms with van der Waals surface area (Å²) in [6.07, 6.45) is 6.39. The molecule has 108 valence electrons. The van der Waals surface area contributed by atoms with Crippen molar-refractivity contribution in [3.05, 3.63) is 35.4 Å². The van der Waals surface area contributed by atoms with E-state index in [0.717, 1.165) is 38.1 Å². The zero-order chi connectivity index (χ0) is 13.9. The second kappa shape index (κ2) is 5.96. The van der Waals surface area contributed by atoms with Gasteiger partial charge in [0.1, 0.15) is 0 Å². The molecule has 2 aliphatic carbocycles. The molecule has 2 saturated carbocycles. The highest BCUT2D eigenvalue weighted by atomic mass is 16.4. The molecule has 0 heterocycles. The van der Waals surface area contributed by atoms with Crippen LogP contribution in [0.25, 0.3) is 0 Å². The number of aliphatic carboxylic acids is 1. The third kappa shape index (κ3) is 3.21. The number of nitrogens with one attached hydrogen (secondary N) is 1. The lowest BCUT2D eigenvalue weighted by Crippen LogP contribution is -2.36. The number of hydrogen-bond acceptors (Lipinski definition) is 2. The monoisotopic (exact) mass is 273 g/mol. The van der Waals surface area contributed by atoms with E-state index < -0.39 is 5.97 Å². The maximum Gasteiger partial charge on any atom is 0.306 e. The molecular formula is C17H23NO2. The smallest absolute Gasteiger partial charge is 0.306 e. The van der Waals surface area contributed by atoms with Crippen molar-refractivity contribution in [2.24, 2.45) is 5.92 Å². The van der Waals surface area contributed by atoms with E-state index in [1.165, 1.54) is 24.0 Å². The fraction of sp³-hybridized carbons (Fsp3) is 0.588. The number of benzene rings is 1. The molecule has 0 amide bonds. The molecule has 3 heteroatoms. The standard InChI is InChI=1S/C17H23NO2/c19-17(20)13-5-3-6-15(10-13)18-11-14-4-1-2-7-16(14)12-8-9-12/h1-2,4,7,12-13,15,18H,3,5-6,8-11H2,(H,19,20). The molecule has 2 aliphatic rings. The largest absolute Gasteiger partial charge is 0.481 e. The lowest BCUT2D eigenvalue weighted by atomic mass is 9.85. The average Bonchev–Trinajstić information content (AvgIpc) is 3.30. The van der Waals surface area contributed by atoms with Crippen LogP contribution >= 0.6 is 0 Å². The topological polar surface area (TPSA) is 49.3 Å². The van der Waals surface area contributed by atoms with Crippen molar-refractivity contribution in [1.82, 2.24) is 5.32 Å². The molecule has 3 rings (SSSR count). The van der Waals surface area contributed by atoms with E-state index in [-0.39, 0.29) is 5.92 Å². The first-order valence-electron chi connectivity index (χ1n) is 7.78. The molecule has 0 bridgehead atoms. The van der Waals surface area contributed by atoms with Gasteiger partial charge in [0.05, 0.1) is 5.92 Å². The van der Waals surface area contributed by atoms with E-state index in [9.17, 15) is 4.79 Å². The van der Waals surface area contributed by atoms with E-state index in [0.29, 0.717) is 6.04 Å². The Hall–Kier alpha value is -1.35. The van der Waals surface area contributed by atoms with Crippen molar-refractivity contribution in [3.8, 4) is 0 Å². The molecule has 2 fully saturated rings. The minimum Gasteiger partial charge on any atom is -0.481 e. The average molecular weight is 273 g/mol. The van der Waals surface area contributed by atoms with E-state index in [2.05, 4.69) is 29.6 Å². The Morgan fingerprint density at radius 2 is 2.00 bits per heavy atom. The van der Waals surface area contributed by atoms with E-state index in [1.54, 1.807) is 0 Å². The number of rotatable bonds is 5. The normalized spacial score (nSPS) is 26.4. The summed E-state index contributed by atoms with van der Waals surface area (Å²) < 4.78 is 0. The van der Waals surface area contributed by atoms with Crippen LogP contribution in [0.15, 0.2) is 24.3 Å². The van der Waals surface area contributed by atoms with Crippen molar-refractivity contribution in [2.45, 2.75) is 57.0 Å². The van der Waals surface area contributed by atoms with Crippen molar-refractivity contribution in [2.75, 3.05) is 0 Å². The minimum absolute atomic E-state index is 0.153. The highest BCUT2D eigenvalue weighted by molar-refractivity contribution is 5.70. The highest BCUT2D eigenvalue weighted by Gasteiger charge is 2.28. The van der Waals surface area contributed by atoms with Gasteiger partial charge in [-0.1, -0.05) is 30.7 Å². The zero-order valence-corrected chi connectivity index (χ0v) is 11.8. The van der Waals surface area contributed by atoms with Crippen molar-refractivity contribution in [3.63, 3.8) is 0 Å². The van der Waals surface area contributed by atoms with E-state index in [1.807, 2.05) is 0 Å². The summed E-state index contributed by atoms with van der Waals surface area (Å²) in [5.41, 5.74) is 2.89. The molecule has 2 N–H and O–H groups in total. The van der Waals surface area contributed by atoms with Crippen LogP contribution < -0.4 is 5.32 Å². The molecule has 2 atom stereocenters. The van der Waals surface area contributed by atoms with Crippen LogP contribution in [-0.2, 0) is 11.3 Å². The maximum absolute atomic E-state index is 11.1. The van der Waals surface area contributed by atoms with Gasteiger partial charge in [-0.05, 0) is 49.1 Å². The molecule has 20 heavy (non-hydrogen) atoms. The summed E-state index contributed by atoms with van der Waals surface area (Å²) in [6, 6.07) is 9.03. The van der Waals surface area contributed by atoms with Gasteiger partial charge in [-0.2, -0.15) is 0 Å². The Balaban J connectivity index is 1.58. The molecule has 0 spiro atoms. The third-order valence-corrected chi connectivity index (χ3v) is 4.68. The molecule has 3 nitrogen and oxygen atoms in total. The van der Waals surface area contributed by atoms with Crippen LogP contribution in [0.3, 0.4) is 0 Å². The first-order valence-corrected chi connectivity index (χ1v) is 7.78. The van der Waals surface area contributed by atoms with Gasteiger partial charge in [0.15, 0.2) is 0 Å². The van der Waals surface area contributed by atoms with Gasteiger partial charge < -0.3 is 10.4 Å². The van der Waals surface area contributed by atoms with Gasteiger partial charge >= 0.3 is 5.97 Å². The molecule has 0 aromatic heterocycles. The summed E-state index contributed by atoms with van der Waals surface area (Å²) in [5, 5.41) is 12.7. The Kier molecular flexibility index (Phi) is 4.06. The number of carbonyl (C=O) groups is 1. The fourth-order valence-corrected chi connectivity index (χ4v) is 3.34. The molecule has 2 unspecified atom stereocenters. The maximum atomic E-state index is 11.1. The SMILES string of the molecule is O=C(O)C1CCCC(NCc2ccccc2C2CC2)C1. The molecule has 1 aromatic carbocycles. The van der Waals surface area contributed by atoms with Crippen LogP contribution in [0.5, 0.6) is 0 Å². The van der Waals surface area contributed by atoms with Crippen LogP contribution in [0.2, 0.25) is 0 Å². The molecule has 0 radical (unpaired) electrons. The van der Waals surface area contributed by atoms with Crippen molar-refractivity contribution >= 4 is 5.97 Å². The summed E-state index contributed by atoms with van der Waals surface area (Å²) in [7, 11) is 0. The van der Waals surface area contributed by atoms with Crippen molar-refractivity contribution < 1.29 is 9.90 Å². The minimum atomic E-state index is -0.630. The van der Waals surface area contributed by atoms with Crippen molar-refractivity contribution in [1.29, 1.82) is 0 Å². The lowest BCUT2D eigenvalue weighted by Gasteiger charge is -2.27. The number of carboxylic acids is 1. The Morgan fingerprint density at radius 1 is 1.20 bits per heavy atom. The molecule has 0 aliphatic heterocycles.